The fraction of sp³-hybridized carbons (Fsp3) is 0.704. The SMILES string of the molecule is Cc1ccc(NC(=O)ON2C(C)(C)CCCC2(C)C)cc1NC(=O)ON1C(C)(C)CCCC1(C)C. The molecule has 2 aliphatic heterocycles. The number of hydrogen-bond acceptors (Lipinski definition) is 6. The summed E-state index contributed by atoms with van der Waals surface area (Å²) in [5, 5.41) is 9.28. The summed E-state index contributed by atoms with van der Waals surface area (Å²) in [6.07, 6.45) is 4.90. The van der Waals surface area contributed by atoms with Crippen LogP contribution in [0.3, 0.4) is 0 Å². The number of piperidine rings is 2. The smallest absolute Gasteiger partial charge is 0.350 e. The molecular weight excluding hydrogens is 444 g/mol. The van der Waals surface area contributed by atoms with Gasteiger partial charge in [-0.1, -0.05) is 6.07 Å². The molecule has 0 bridgehead atoms. The summed E-state index contributed by atoms with van der Waals surface area (Å²) in [5.41, 5.74) is 0.948. The zero-order valence-corrected chi connectivity index (χ0v) is 23.0. The van der Waals surface area contributed by atoms with E-state index in [4.69, 9.17) is 9.68 Å². The van der Waals surface area contributed by atoms with Gasteiger partial charge in [0.25, 0.3) is 0 Å². The van der Waals surface area contributed by atoms with Crippen molar-refractivity contribution in [3.05, 3.63) is 23.8 Å². The number of carbonyl (C=O) groups is 2. The Kier molecular flexibility index (Phi) is 7.49. The quantitative estimate of drug-likeness (QED) is 0.474. The Morgan fingerprint density at radius 3 is 1.54 bits per heavy atom. The number of carbonyl (C=O) groups excluding carboxylic acids is 2. The first-order chi connectivity index (χ1) is 16.0. The van der Waals surface area contributed by atoms with Gasteiger partial charge in [-0.2, -0.15) is 0 Å². The maximum Gasteiger partial charge on any atom is 0.430 e. The Balaban J connectivity index is 1.67. The molecule has 0 aliphatic carbocycles. The van der Waals surface area contributed by atoms with Crippen LogP contribution in [-0.4, -0.2) is 44.5 Å². The average molecular weight is 489 g/mol. The molecule has 2 amide bonds. The van der Waals surface area contributed by atoms with Gasteiger partial charge >= 0.3 is 12.2 Å². The van der Waals surface area contributed by atoms with Crippen LogP contribution in [0.4, 0.5) is 21.0 Å². The van der Waals surface area contributed by atoms with Gasteiger partial charge in [0, 0.05) is 11.4 Å². The van der Waals surface area contributed by atoms with Crippen LogP contribution in [0, 0.1) is 6.92 Å². The molecule has 0 aromatic heterocycles. The van der Waals surface area contributed by atoms with Crippen LogP contribution in [0.5, 0.6) is 0 Å². The minimum Gasteiger partial charge on any atom is -0.350 e. The molecule has 0 saturated carbocycles. The standard InChI is InChI=1S/C27H44N4O4/c1-19-12-13-20(28-22(32)34-30-24(2,3)14-10-15-25(30,4)5)18-21(19)29-23(33)35-31-26(6,7)16-11-17-27(31,8)9/h12-13,18H,10-11,14-17H2,1-9H3,(H,28,32)(H,29,33). The molecule has 3 rings (SSSR count). The first-order valence-corrected chi connectivity index (χ1v) is 12.7. The van der Waals surface area contributed by atoms with Gasteiger partial charge in [0.2, 0.25) is 0 Å². The summed E-state index contributed by atoms with van der Waals surface area (Å²) in [7, 11) is 0. The summed E-state index contributed by atoms with van der Waals surface area (Å²) in [6, 6.07) is 5.35. The topological polar surface area (TPSA) is 83.1 Å². The Morgan fingerprint density at radius 1 is 0.714 bits per heavy atom. The van der Waals surface area contributed by atoms with Crippen molar-refractivity contribution in [2.45, 2.75) is 123 Å². The van der Waals surface area contributed by atoms with E-state index in [2.05, 4.69) is 66.0 Å². The molecule has 0 unspecified atom stereocenters. The van der Waals surface area contributed by atoms with Crippen molar-refractivity contribution in [3.8, 4) is 0 Å². The molecule has 196 valence electrons. The zero-order chi connectivity index (χ0) is 26.2. The van der Waals surface area contributed by atoms with Crippen molar-refractivity contribution in [1.82, 2.24) is 10.1 Å². The Morgan fingerprint density at radius 2 is 1.11 bits per heavy atom. The second-order valence-electron chi connectivity index (χ2n) is 12.6. The van der Waals surface area contributed by atoms with E-state index < -0.39 is 12.2 Å². The molecule has 2 aliphatic rings. The van der Waals surface area contributed by atoms with Gasteiger partial charge in [-0.3, -0.25) is 10.6 Å². The highest BCUT2D eigenvalue weighted by molar-refractivity contribution is 5.89. The van der Waals surface area contributed by atoms with Crippen molar-refractivity contribution in [2.75, 3.05) is 10.6 Å². The molecule has 1 aromatic carbocycles. The number of rotatable bonds is 4. The molecule has 0 radical (unpaired) electrons. The molecule has 0 spiro atoms. The number of benzene rings is 1. The molecule has 35 heavy (non-hydrogen) atoms. The lowest BCUT2D eigenvalue weighted by Crippen LogP contribution is -2.59. The summed E-state index contributed by atoms with van der Waals surface area (Å²) in [4.78, 5) is 37.2. The van der Waals surface area contributed by atoms with E-state index in [1.807, 2.05) is 23.1 Å². The molecular formula is C27H44N4O4. The van der Waals surface area contributed by atoms with Crippen molar-refractivity contribution in [1.29, 1.82) is 0 Å². The lowest BCUT2D eigenvalue weighted by Gasteiger charge is -2.50. The van der Waals surface area contributed by atoms with Gasteiger partial charge in [0.1, 0.15) is 0 Å². The highest BCUT2D eigenvalue weighted by Gasteiger charge is 2.45. The summed E-state index contributed by atoms with van der Waals surface area (Å²) < 4.78 is 0. The van der Waals surface area contributed by atoms with E-state index in [0.717, 1.165) is 44.1 Å². The predicted octanol–water partition coefficient (Wildman–Crippen LogP) is 7.01. The minimum absolute atomic E-state index is 0.251. The average Bonchev–Trinajstić information content (AvgIpc) is 2.70. The third-order valence-electron chi connectivity index (χ3n) is 7.42. The van der Waals surface area contributed by atoms with Gasteiger partial charge in [-0.25, -0.2) is 9.59 Å². The largest absolute Gasteiger partial charge is 0.430 e. The summed E-state index contributed by atoms with van der Waals surface area (Å²) in [6.45, 7) is 18.6. The molecule has 2 N–H and O–H groups in total. The third kappa shape index (κ3) is 6.28. The van der Waals surface area contributed by atoms with Gasteiger partial charge in [0.15, 0.2) is 0 Å². The number of nitrogens with one attached hydrogen (secondary N) is 2. The Bertz CT molecular complexity index is 922. The van der Waals surface area contributed by atoms with Crippen LogP contribution in [0.15, 0.2) is 18.2 Å². The fourth-order valence-electron chi connectivity index (χ4n) is 5.72. The Hall–Kier alpha value is -2.32. The van der Waals surface area contributed by atoms with E-state index in [9.17, 15) is 9.59 Å². The minimum atomic E-state index is -0.553. The monoisotopic (exact) mass is 488 g/mol. The van der Waals surface area contributed by atoms with E-state index in [-0.39, 0.29) is 22.2 Å². The second kappa shape index (κ2) is 9.62. The van der Waals surface area contributed by atoms with Gasteiger partial charge < -0.3 is 9.68 Å². The van der Waals surface area contributed by atoms with Crippen molar-refractivity contribution < 1.29 is 19.3 Å². The fourth-order valence-corrected chi connectivity index (χ4v) is 5.72. The molecule has 8 nitrogen and oxygen atoms in total. The zero-order valence-electron chi connectivity index (χ0n) is 23.0. The van der Waals surface area contributed by atoms with Crippen LogP contribution >= 0.6 is 0 Å². The van der Waals surface area contributed by atoms with Crippen LogP contribution in [0.1, 0.15) is 99.5 Å². The van der Waals surface area contributed by atoms with E-state index in [1.165, 1.54) is 0 Å². The number of hydroxylamine groups is 4. The van der Waals surface area contributed by atoms with Gasteiger partial charge in [-0.15, -0.1) is 10.1 Å². The molecule has 2 saturated heterocycles. The molecule has 1 aromatic rings. The number of amides is 2. The number of hydrogen-bond donors (Lipinski definition) is 2. The maximum atomic E-state index is 12.9. The van der Waals surface area contributed by atoms with Crippen molar-refractivity contribution in [2.24, 2.45) is 0 Å². The molecule has 2 fully saturated rings. The lowest BCUT2D eigenvalue weighted by atomic mass is 9.82. The van der Waals surface area contributed by atoms with Crippen LogP contribution in [0.2, 0.25) is 0 Å². The normalized spacial score (nSPS) is 23.2. The van der Waals surface area contributed by atoms with Crippen LogP contribution in [-0.2, 0) is 9.68 Å². The van der Waals surface area contributed by atoms with Gasteiger partial charge in [-0.05, 0) is 119 Å². The highest BCUT2D eigenvalue weighted by atomic mass is 16.7. The van der Waals surface area contributed by atoms with Crippen LogP contribution in [0.25, 0.3) is 0 Å². The number of aryl methyl sites for hydroxylation is 1. The van der Waals surface area contributed by atoms with Crippen LogP contribution < -0.4 is 10.6 Å². The summed E-state index contributed by atoms with van der Waals surface area (Å²) in [5.74, 6) is 0. The van der Waals surface area contributed by atoms with E-state index >= 15 is 0 Å². The lowest BCUT2D eigenvalue weighted by molar-refractivity contribution is -0.236. The summed E-state index contributed by atoms with van der Waals surface area (Å²) >= 11 is 0. The van der Waals surface area contributed by atoms with Crippen molar-refractivity contribution >= 4 is 23.6 Å². The number of anilines is 2. The highest BCUT2D eigenvalue weighted by Crippen LogP contribution is 2.39. The molecule has 0 atom stereocenters. The maximum absolute atomic E-state index is 12.9. The second-order valence-corrected chi connectivity index (χ2v) is 12.6. The van der Waals surface area contributed by atoms with E-state index in [1.54, 1.807) is 12.1 Å². The Labute approximate surface area is 210 Å². The molecule has 8 heteroatoms. The predicted molar refractivity (Wildman–Crippen MR) is 139 cm³/mol. The third-order valence-corrected chi connectivity index (χ3v) is 7.42. The first kappa shape index (κ1) is 27.3. The van der Waals surface area contributed by atoms with Gasteiger partial charge in [0.05, 0.1) is 22.2 Å². The van der Waals surface area contributed by atoms with E-state index in [0.29, 0.717) is 11.4 Å². The number of nitrogens with zero attached hydrogens (tertiary/aromatic N) is 2. The molecule has 2 heterocycles. The first-order valence-electron chi connectivity index (χ1n) is 12.7. The van der Waals surface area contributed by atoms with Crippen molar-refractivity contribution in [3.63, 3.8) is 0 Å².